The molecule has 2 heterocycles. The molecule has 0 radical (unpaired) electrons. The molecule has 2 aliphatic rings. The highest BCUT2D eigenvalue weighted by Crippen LogP contribution is 2.45. The molecule has 5 nitrogen and oxygen atoms in total. The SMILES string of the molecule is CCC(Cc1ccccc1)(C(=O)C(=O)OCc1ccccc1)C(C)=C1SC[C@H]2NCN[C@@H]12. The van der Waals surface area contributed by atoms with E-state index in [4.69, 9.17) is 4.74 Å². The topological polar surface area (TPSA) is 67.4 Å². The van der Waals surface area contributed by atoms with Gasteiger partial charge in [-0.3, -0.25) is 15.4 Å². The smallest absolute Gasteiger partial charge is 0.375 e. The maximum Gasteiger partial charge on any atom is 0.375 e. The number of rotatable bonds is 8. The molecule has 168 valence electrons. The van der Waals surface area contributed by atoms with E-state index in [1.165, 1.54) is 4.91 Å². The second-order valence-electron chi connectivity index (χ2n) is 8.46. The van der Waals surface area contributed by atoms with Crippen LogP contribution in [0, 0.1) is 5.41 Å². The number of carbonyl (C=O) groups is 2. The average Bonchev–Trinajstić information content (AvgIpc) is 3.46. The number of benzene rings is 2. The lowest BCUT2D eigenvalue weighted by molar-refractivity contribution is -0.158. The molecular formula is C26H30N2O3S. The van der Waals surface area contributed by atoms with E-state index in [0.29, 0.717) is 18.9 Å². The van der Waals surface area contributed by atoms with E-state index >= 15 is 0 Å². The summed E-state index contributed by atoms with van der Waals surface area (Å²) >= 11 is 1.78. The molecule has 2 aromatic carbocycles. The van der Waals surface area contributed by atoms with E-state index in [9.17, 15) is 9.59 Å². The number of allylic oxidation sites excluding steroid dienone is 1. The predicted octanol–water partition coefficient (Wildman–Crippen LogP) is 3.85. The maximum absolute atomic E-state index is 13.8. The largest absolute Gasteiger partial charge is 0.455 e. The van der Waals surface area contributed by atoms with Gasteiger partial charge in [-0.25, -0.2) is 4.79 Å². The lowest BCUT2D eigenvalue weighted by Gasteiger charge is -2.34. The number of fused-ring (bicyclic) bond motifs is 1. The second-order valence-corrected chi connectivity index (χ2v) is 9.52. The van der Waals surface area contributed by atoms with Crippen LogP contribution in [0.2, 0.25) is 0 Å². The van der Waals surface area contributed by atoms with Crippen LogP contribution in [0.3, 0.4) is 0 Å². The minimum Gasteiger partial charge on any atom is -0.455 e. The fourth-order valence-electron chi connectivity index (χ4n) is 4.70. The zero-order valence-electron chi connectivity index (χ0n) is 18.6. The van der Waals surface area contributed by atoms with E-state index in [1.807, 2.05) is 74.5 Å². The molecule has 1 unspecified atom stereocenters. The van der Waals surface area contributed by atoms with Gasteiger partial charge in [-0.1, -0.05) is 67.6 Å². The van der Waals surface area contributed by atoms with Gasteiger partial charge in [0.15, 0.2) is 0 Å². The Hall–Kier alpha value is -2.41. The summed E-state index contributed by atoms with van der Waals surface area (Å²) in [5.41, 5.74) is 1.95. The van der Waals surface area contributed by atoms with Crippen LogP contribution in [-0.4, -0.2) is 36.3 Å². The molecule has 0 saturated carbocycles. The summed E-state index contributed by atoms with van der Waals surface area (Å²) in [6, 6.07) is 20.0. The van der Waals surface area contributed by atoms with Crippen molar-refractivity contribution in [3.63, 3.8) is 0 Å². The van der Waals surface area contributed by atoms with Crippen molar-refractivity contribution in [1.82, 2.24) is 10.6 Å². The number of hydrogen-bond donors (Lipinski definition) is 2. The van der Waals surface area contributed by atoms with Crippen LogP contribution in [-0.2, 0) is 27.4 Å². The van der Waals surface area contributed by atoms with Gasteiger partial charge in [-0.2, -0.15) is 0 Å². The first kappa shape index (κ1) is 22.8. The van der Waals surface area contributed by atoms with Gasteiger partial charge in [0.2, 0.25) is 0 Å². The molecule has 2 fully saturated rings. The maximum atomic E-state index is 13.8. The Kier molecular flexibility index (Phi) is 7.13. The van der Waals surface area contributed by atoms with Crippen LogP contribution in [0.15, 0.2) is 71.1 Å². The molecule has 0 spiro atoms. The Labute approximate surface area is 194 Å². The number of Topliss-reactive ketones (excluding diaryl/α,β-unsaturated/α-hetero) is 1. The summed E-state index contributed by atoms with van der Waals surface area (Å²) in [7, 11) is 0. The summed E-state index contributed by atoms with van der Waals surface area (Å²) < 4.78 is 5.49. The molecule has 2 saturated heterocycles. The number of ether oxygens (including phenoxy) is 1. The number of carbonyl (C=O) groups excluding carboxylic acids is 2. The van der Waals surface area contributed by atoms with Crippen molar-refractivity contribution < 1.29 is 14.3 Å². The van der Waals surface area contributed by atoms with E-state index in [-0.39, 0.29) is 12.6 Å². The minimum atomic E-state index is -0.934. The molecule has 0 aromatic heterocycles. The Morgan fingerprint density at radius 3 is 2.34 bits per heavy atom. The van der Waals surface area contributed by atoms with Crippen molar-refractivity contribution in [2.75, 3.05) is 12.4 Å². The van der Waals surface area contributed by atoms with E-state index in [1.54, 1.807) is 11.8 Å². The third-order valence-corrected chi connectivity index (χ3v) is 8.06. The van der Waals surface area contributed by atoms with Gasteiger partial charge in [0.05, 0.1) is 11.5 Å². The van der Waals surface area contributed by atoms with E-state index < -0.39 is 17.2 Å². The fourth-order valence-corrected chi connectivity index (χ4v) is 6.21. The van der Waals surface area contributed by atoms with Crippen LogP contribution >= 0.6 is 11.8 Å². The molecule has 0 aliphatic carbocycles. The number of nitrogens with one attached hydrogen (secondary N) is 2. The molecule has 0 bridgehead atoms. The average molecular weight is 451 g/mol. The Morgan fingerprint density at radius 1 is 1.03 bits per heavy atom. The lowest BCUT2D eigenvalue weighted by Crippen LogP contribution is -2.42. The quantitative estimate of drug-likeness (QED) is 0.470. The van der Waals surface area contributed by atoms with Gasteiger partial charge in [0.25, 0.3) is 5.78 Å². The molecule has 2 aromatic rings. The van der Waals surface area contributed by atoms with Gasteiger partial charge in [-0.05, 0) is 36.5 Å². The highest BCUT2D eigenvalue weighted by molar-refractivity contribution is 8.03. The Morgan fingerprint density at radius 2 is 1.69 bits per heavy atom. The zero-order valence-corrected chi connectivity index (χ0v) is 19.4. The lowest BCUT2D eigenvalue weighted by atomic mass is 9.69. The third-order valence-electron chi connectivity index (χ3n) is 6.66. The molecular weight excluding hydrogens is 420 g/mol. The summed E-state index contributed by atoms with van der Waals surface area (Å²) in [6.45, 7) is 4.88. The van der Waals surface area contributed by atoms with Gasteiger partial charge < -0.3 is 4.74 Å². The van der Waals surface area contributed by atoms with Crippen molar-refractivity contribution in [1.29, 1.82) is 0 Å². The highest BCUT2D eigenvalue weighted by atomic mass is 32.2. The van der Waals surface area contributed by atoms with Crippen molar-refractivity contribution in [3.05, 3.63) is 82.3 Å². The van der Waals surface area contributed by atoms with Crippen molar-refractivity contribution in [2.45, 2.75) is 45.4 Å². The summed E-state index contributed by atoms with van der Waals surface area (Å²) in [5.74, 6) is -0.259. The number of ketones is 1. The summed E-state index contributed by atoms with van der Waals surface area (Å²) in [5, 5.41) is 6.98. The van der Waals surface area contributed by atoms with E-state index in [2.05, 4.69) is 10.6 Å². The number of hydrogen-bond acceptors (Lipinski definition) is 6. The van der Waals surface area contributed by atoms with Crippen molar-refractivity contribution in [3.8, 4) is 0 Å². The highest BCUT2D eigenvalue weighted by Gasteiger charge is 2.47. The van der Waals surface area contributed by atoms with Crippen LogP contribution in [0.5, 0.6) is 0 Å². The molecule has 4 rings (SSSR count). The Balaban J connectivity index is 1.66. The normalized spacial score (nSPS) is 23.3. The van der Waals surface area contributed by atoms with Gasteiger partial charge in [-0.15, -0.1) is 11.8 Å². The molecule has 6 heteroatoms. The van der Waals surface area contributed by atoms with Crippen molar-refractivity contribution in [2.24, 2.45) is 5.41 Å². The van der Waals surface area contributed by atoms with Gasteiger partial charge >= 0.3 is 5.97 Å². The van der Waals surface area contributed by atoms with Gasteiger partial charge in [0, 0.05) is 23.4 Å². The predicted molar refractivity (Wildman–Crippen MR) is 128 cm³/mol. The van der Waals surface area contributed by atoms with Crippen LogP contribution < -0.4 is 10.6 Å². The summed E-state index contributed by atoms with van der Waals surface area (Å²) in [6.07, 6.45) is 1.01. The molecule has 2 N–H and O–H groups in total. The zero-order chi connectivity index (χ0) is 22.6. The molecule has 2 aliphatic heterocycles. The first-order valence-corrected chi connectivity index (χ1v) is 12.1. The first-order valence-electron chi connectivity index (χ1n) is 11.2. The second kappa shape index (κ2) is 10.0. The first-order chi connectivity index (χ1) is 15.5. The molecule has 32 heavy (non-hydrogen) atoms. The van der Waals surface area contributed by atoms with Crippen LogP contribution in [0.4, 0.5) is 0 Å². The minimum absolute atomic E-state index is 0.0943. The van der Waals surface area contributed by atoms with Crippen LogP contribution in [0.25, 0.3) is 0 Å². The van der Waals surface area contributed by atoms with Crippen LogP contribution in [0.1, 0.15) is 31.4 Å². The number of thioether (sulfide) groups is 1. The standard InChI is InChI=1S/C26H30N2O3S/c1-3-26(14-19-10-6-4-7-11-19,18(2)23-22-21(16-32-23)27-17-28-22)24(29)25(30)31-15-20-12-8-5-9-13-20/h4-13,21-22,27-28H,3,14-17H2,1-2H3/t21-,22-,26?/m1/s1. The Bertz CT molecular complexity index is 993. The fraction of sp³-hybridized carbons (Fsp3) is 0.385. The summed E-state index contributed by atoms with van der Waals surface area (Å²) in [4.78, 5) is 28.0. The monoisotopic (exact) mass is 450 g/mol. The van der Waals surface area contributed by atoms with E-state index in [0.717, 1.165) is 29.1 Å². The van der Waals surface area contributed by atoms with Crippen molar-refractivity contribution >= 4 is 23.5 Å². The number of esters is 1. The molecule has 3 atom stereocenters. The third kappa shape index (κ3) is 4.53. The van der Waals surface area contributed by atoms with Gasteiger partial charge in [0.1, 0.15) is 6.61 Å². The molecule has 0 amide bonds.